The molecule has 5 atom stereocenters. The van der Waals surface area contributed by atoms with Gasteiger partial charge in [-0.2, -0.15) is 0 Å². The maximum Gasteiger partial charge on any atom is 0.329 e. The second-order valence-corrected chi connectivity index (χ2v) is 15.8. The van der Waals surface area contributed by atoms with E-state index in [1.807, 2.05) is 0 Å². The van der Waals surface area contributed by atoms with Gasteiger partial charge in [-0.05, 0) is 85.9 Å². The number of rotatable bonds is 13. The first-order valence-electron chi connectivity index (χ1n) is 14.9. The summed E-state index contributed by atoms with van der Waals surface area (Å²) in [5.74, 6) is 0.995. The first-order valence-corrected chi connectivity index (χ1v) is 17.9. The van der Waals surface area contributed by atoms with Crippen LogP contribution in [0.2, 0.25) is 0 Å². The van der Waals surface area contributed by atoms with Gasteiger partial charge < -0.3 is 14.6 Å². The number of aliphatic carboxylic acids is 1. The van der Waals surface area contributed by atoms with Crippen molar-refractivity contribution in [2.24, 2.45) is 23.7 Å². The van der Waals surface area contributed by atoms with Gasteiger partial charge in [0.2, 0.25) is 0 Å². The van der Waals surface area contributed by atoms with Gasteiger partial charge in [0.15, 0.2) is 0 Å². The topological polar surface area (TPSA) is 55.8 Å². The highest BCUT2D eigenvalue weighted by atomic mass is 31.1. The van der Waals surface area contributed by atoms with Crippen molar-refractivity contribution in [2.75, 3.05) is 25.7 Å². The lowest BCUT2D eigenvalue weighted by molar-refractivity contribution is -0.153. The molecule has 4 aromatic carbocycles. The third kappa shape index (κ3) is 6.69. The first kappa shape index (κ1) is 29.2. The summed E-state index contributed by atoms with van der Waals surface area (Å²) < 4.78 is 11.8. The van der Waals surface area contributed by atoms with Crippen molar-refractivity contribution in [1.29, 1.82) is 0 Å². The van der Waals surface area contributed by atoms with Crippen LogP contribution < -0.4 is 21.2 Å². The van der Waals surface area contributed by atoms with Gasteiger partial charge in [0.25, 0.3) is 0 Å². The number of carboxylic acid groups (broad SMARTS) is 1. The Hall–Kier alpha value is -2.87. The van der Waals surface area contributed by atoms with Crippen molar-refractivity contribution in [3.05, 3.63) is 121 Å². The molecule has 0 saturated heterocycles. The van der Waals surface area contributed by atoms with Crippen LogP contribution in [0.1, 0.15) is 12.8 Å². The minimum atomic E-state index is -0.962. The highest BCUT2D eigenvalue weighted by Crippen LogP contribution is 2.59. The van der Waals surface area contributed by atoms with E-state index >= 15 is 0 Å². The van der Waals surface area contributed by atoms with E-state index < -0.39 is 21.8 Å². The quantitative estimate of drug-likeness (QED) is 0.117. The molecule has 0 aromatic heterocycles. The van der Waals surface area contributed by atoms with Gasteiger partial charge in [-0.25, -0.2) is 4.79 Å². The van der Waals surface area contributed by atoms with Crippen LogP contribution in [0.25, 0.3) is 0 Å². The molecule has 4 aromatic rings. The average Bonchev–Trinajstić information content (AvgIpc) is 3.57. The van der Waals surface area contributed by atoms with Crippen LogP contribution in [0.3, 0.4) is 0 Å². The van der Waals surface area contributed by atoms with E-state index in [9.17, 15) is 4.79 Å². The van der Waals surface area contributed by atoms with E-state index in [4.69, 9.17) is 14.6 Å². The zero-order chi connectivity index (χ0) is 28.7. The van der Waals surface area contributed by atoms with E-state index in [-0.39, 0.29) is 19.5 Å². The molecule has 1 unspecified atom stereocenters. The summed E-state index contributed by atoms with van der Waals surface area (Å²) in [5.41, 5.74) is 0. The molecular formula is C36H38O4P2. The zero-order valence-electron chi connectivity index (χ0n) is 23.7. The summed E-state index contributed by atoms with van der Waals surface area (Å²) >= 11 is 0. The summed E-state index contributed by atoms with van der Waals surface area (Å²) in [7, 11) is -1.07. The Morgan fingerprint density at radius 1 is 0.619 bits per heavy atom. The SMILES string of the molecule is O=C(O)COCOC1[C@H]2CC[C@@H]1[C@@H](CP(c1ccccc1)c1ccccc1)[C@@H]2CP(c1ccccc1)c1ccccc1. The van der Waals surface area contributed by atoms with E-state index in [0.29, 0.717) is 23.7 Å². The fourth-order valence-corrected chi connectivity index (χ4v) is 12.7. The lowest BCUT2D eigenvalue weighted by Gasteiger charge is -2.36. The molecular weight excluding hydrogens is 558 g/mol. The molecule has 42 heavy (non-hydrogen) atoms. The second kappa shape index (κ2) is 14.1. The van der Waals surface area contributed by atoms with Crippen molar-refractivity contribution in [1.82, 2.24) is 0 Å². The standard InChI is InChI=1S/C36H38O4P2/c37-35(38)23-39-26-40-36-31-21-22-32(36)34(25-42(29-17-9-3-10-18-29)30-19-11-4-12-20-30)33(31)24-41(27-13-5-1-6-14-27)28-15-7-2-8-16-28/h1-20,31-34,36H,21-26H2,(H,37,38)/t31-,32+,33-,34-,36?/m1/s1. The summed E-state index contributed by atoms with van der Waals surface area (Å²) in [4.78, 5) is 11.0. The molecule has 0 spiro atoms. The molecule has 2 saturated carbocycles. The third-order valence-electron chi connectivity index (χ3n) is 8.95. The number of hydrogen-bond donors (Lipinski definition) is 1. The number of ether oxygens (including phenoxy) is 2. The van der Waals surface area contributed by atoms with Gasteiger partial charge >= 0.3 is 5.97 Å². The van der Waals surface area contributed by atoms with Crippen LogP contribution in [-0.2, 0) is 14.3 Å². The smallest absolute Gasteiger partial charge is 0.329 e. The van der Waals surface area contributed by atoms with E-state index in [0.717, 1.165) is 25.2 Å². The summed E-state index contributed by atoms with van der Waals surface area (Å²) in [6.07, 6.45) is 4.71. The molecule has 2 bridgehead atoms. The Balaban J connectivity index is 1.34. The van der Waals surface area contributed by atoms with Gasteiger partial charge in [-0.15, -0.1) is 0 Å². The molecule has 1 N–H and O–H groups in total. The molecule has 216 valence electrons. The summed E-state index contributed by atoms with van der Waals surface area (Å²) in [5, 5.41) is 14.8. The average molecular weight is 597 g/mol. The van der Waals surface area contributed by atoms with E-state index in [1.54, 1.807) is 0 Å². The fourth-order valence-electron chi connectivity index (χ4n) is 7.20. The third-order valence-corrected chi connectivity index (χ3v) is 14.2. The molecule has 2 fully saturated rings. The Kier molecular flexibility index (Phi) is 9.78. The molecule has 4 nitrogen and oxygen atoms in total. The van der Waals surface area contributed by atoms with Gasteiger partial charge in [0.05, 0.1) is 6.10 Å². The Labute approximate surface area is 251 Å². The molecule has 0 amide bonds. The monoisotopic (exact) mass is 596 g/mol. The number of benzene rings is 4. The van der Waals surface area contributed by atoms with Gasteiger partial charge in [0, 0.05) is 0 Å². The summed E-state index contributed by atoms with van der Waals surface area (Å²) in [6, 6.07) is 44.2. The minimum absolute atomic E-state index is 0.0433. The zero-order valence-corrected chi connectivity index (χ0v) is 25.5. The first-order chi connectivity index (χ1) is 20.7. The molecule has 2 aliphatic rings. The normalized spacial score (nSPS) is 23.0. The minimum Gasteiger partial charge on any atom is -0.480 e. The van der Waals surface area contributed by atoms with Gasteiger partial charge in [-0.1, -0.05) is 121 Å². The van der Waals surface area contributed by atoms with Crippen LogP contribution in [0, 0.1) is 23.7 Å². The van der Waals surface area contributed by atoms with Crippen LogP contribution in [-0.4, -0.2) is 42.9 Å². The lowest BCUT2D eigenvalue weighted by Crippen LogP contribution is -2.32. The fraction of sp³-hybridized carbons (Fsp3) is 0.306. The maximum absolute atomic E-state index is 11.0. The van der Waals surface area contributed by atoms with Crippen LogP contribution >= 0.6 is 15.8 Å². The maximum atomic E-state index is 11.0. The highest BCUT2D eigenvalue weighted by Gasteiger charge is 2.55. The van der Waals surface area contributed by atoms with Crippen LogP contribution in [0.4, 0.5) is 0 Å². The van der Waals surface area contributed by atoms with Crippen molar-refractivity contribution in [3.63, 3.8) is 0 Å². The molecule has 0 radical (unpaired) electrons. The highest BCUT2D eigenvalue weighted by molar-refractivity contribution is 7.73. The van der Waals surface area contributed by atoms with Crippen LogP contribution in [0.5, 0.6) is 0 Å². The van der Waals surface area contributed by atoms with E-state index in [2.05, 4.69) is 121 Å². The molecule has 6 heteroatoms. The Bertz CT molecular complexity index is 1230. The van der Waals surface area contributed by atoms with E-state index in [1.165, 1.54) is 21.2 Å². The number of carbonyl (C=O) groups is 1. The Morgan fingerprint density at radius 2 is 0.976 bits per heavy atom. The van der Waals surface area contributed by atoms with Crippen molar-refractivity contribution >= 4 is 43.0 Å². The Morgan fingerprint density at radius 3 is 1.31 bits per heavy atom. The number of fused-ring (bicyclic) bond motifs is 2. The number of hydrogen-bond acceptors (Lipinski definition) is 3. The van der Waals surface area contributed by atoms with Gasteiger partial charge in [-0.3, -0.25) is 0 Å². The molecule has 0 heterocycles. The summed E-state index contributed by atoms with van der Waals surface area (Å²) in [6.45, 7) is -0.281. The molecule has 2 aliphatic carbocycles. The second-order valence-electron chi connectivity index (χ2n) is 11.3. The van der Waals surface area contributed by atoms with Crippen LogP contribution in [0.15, 0.2) is 121 Å². The van der Waals surface area contributed by atoms with Gasteiger partial charge in [0.1, 0.15) is 13.4 Å². The predicted molar refractivity (Wildman–Crippen MR) is 174 cm³/mol. The predicted octanol–water partition coefficient (Wildman–Crippen LogP) is 5.97. The van der Waals surface area contributed by atoms with Crippen molar-refractivity contribution < 1.29 is 19.4 Å². The molecule has 6 rings (SSSR count). The molecule has 0 aliphatic heterocycles. The largest absolute Gasteiger partial charge is 0.480 e. The lowest BCUT2D eigenvalue weighted by atomic mass is 9.81. The van der Waals surface area contributed by atoms with Crippen molar-refractivity contribution in [3.8, 4) is 0 Å². The number of carboxylic acids is 1. The van der Waals surface area contributed by atoms with Crippen molar-refractivity contribution in [2.45, 2.75) is 18.9 Å².